The van der Waals surface area contributed by atoms with E-state index in [1.54, 1.807) is 23.4 Å². The topological polar surface area (TPSA) is 77.5 Å². The predicted molar refractivity (Wildman–Crippen MR) is 98.3 cm³/mol. The standard InChI is InChI=1S/C18H22FN5O3/c1-12(25)20-9-15-10-23(18(26)27-15)14-4-5-17(16(19)8-14)22-6-7-24(21-11-22)13-2-3-13/h4-5,8,11,13,15H,2-3,6-7,9-10H2,1H3,(H,20,25)/t15-/m0/s1. The van der Waals surface area contributed by atoms with Gasteiger partial charge in [0.2, 0.25) is 5.91 Å². The molecule has 8 nitrogen and oxygen atoms in total. The van der Waals surface area contributed by atoms with Crippen molar-refractivity contribution in [3.05, 3.63) is 24.0 Å². The van der Waals surface area contributed by atoms with Gasteiger partial charge < -0.3 is 15.0 Å². The SMILES string of the molecule is CC(=O)NC[C@H]1CN(c2ccc(N3C=NN(C4CC4)CC3)c(F)c2)C(=O)O1. The Morgan fingerprint density at radius 2 is 2.19 bits per heavy atom. The molecule has 9 heteroatoms. The molecule has 4 rings (SSSR count). The Morgan fingerprint density at radius 3 is 2.81 bits per heavy atom. The molecule has 0 aromatic heterocycles. The van der Waals surface area contributed by atoms with Crippen molar-refractivity contribution in [1.82, 2.24) is 10.3 Å². The van der Waals surface area contributed by atoms with E-state index < -0.39 is 18.0 Å². The van der Waals surface area contributed by atoms with Crippen molar-refractivity contribution in [2.75, 3.05) is 36.0 Å². The van der Waals surface area contributed by atoms with Crippen LogP contribution in [0.4, 0.5) is 20.6 Å². The van der Waals surface area contributed by atoms with Gasteiger partial charge in [0.05, 0.1) is 31.0 Å². The molecule has 2 amide bonds. The predicted octanol–water partition coefficient (Wildman–Crippen LogP) is 1.51. The molecule has 1 saturated carbocycles. The summed E-state index contributed by atoms with van der Waals surface area (Å²) in [6.07, 6.45) is 3.02. The van der Waals surface area contributed by atoms with E-state index in [4.69, 9.17) is 4.74 Å². The number of halogens is 1. The largest absolute Gasteiger partial charge is 0.442 e. The maximum absolute atomic E-state index is 14.7. The highest BCUT2D eigenvalue weighted by molar-refractivity contribution is 5.90. The van der Waals surface area contributed by atoms with Gasteiger partial charge in [-0.05, 0) is 31.0 Å². The number of hydrogen-bond donors (Lipinski definition) is 1. The summed E-state index contributed by atoms with van der Waals surface area (Å²) < 4.78 is 19.9. The van der Waals surface area contributed by atoms with Crippen molar-refractivity contribution < 1.29 is 18.7 Å². The lowest BCUT2D eigenvalue weighted by Gasteiger charge is -2.30. The molecule has 2 fully saturated rings. The summed E-state index contributed by atoms with van der Waals surface area (Å²) in [5.74, 6) is -0.611. The second-order valence-corrected chi connectivity index (χ2v) is 7.01. The zero-order chi connectivity index (χ0) is 19.0. The zero-order valence-electron chi connectivity index (χ0n) is 15.1. The van der Waals surface area contributed by atoms with Crippen molar-refractivity contribution in [2.45, 2.75) is 31.9 Å². The smallest absolute Gasteiger partial charge is 0.414 e. The molecule has 1 saturated heterocycles. The van der Waals surface area contributed by atoms with E-state index in [2.05, 4.69) is 15.4 Å². The third kappa shape index (κ3) is 3.81. The molecule has 27 heavy (non-hydrogen) atoms. The average molecular weight is 375 g/mol. The van der Waals surface area contributed by atoms with E-state index in [1.807, 2.05) is 0 Å². The fourth-order valence-electron chi connectivity index (χ4n) is 3.28. The number of carbonyl (C=O) groups is 2. The van der Waals surface area contributed by atoms with Gasteiger partial charge in [0.1, 0.15) is 18.3 Å². The Hall–Kier alpha value is -2.84. The number of nitrogens with zero attached hydrogens (tertiary/aromatic N) is 4. The van der Waals surface area contributed by atoms with Crippen molar-refractivity contribution in [3.8, 4) is 0 Å². The molecule has 1 N–H and O–H groups in total. The highest BCUT2D eigenvalue weighted by atomic mass is 19.1. The van der Waals surface area contributed by atoms with Crippen LogP contribution in [-0.4, -0.2) is 61.7 Å². The molecule has 0 radical (unpaired) electrons. The van der Waals surface area contributed by atoms with Crippen LogP contribution in [0.3, 0.4) is 0 Å². The fourth-order valence-corrected chi connectivity index (χ4v) is 3.28. The second kappa shape index (κ2) is 7.05. The van der Waals surface area contributed by atoms with Crippen LogP contribution in [0.2, 0.25) is 0 Å². The minimum absolute atomic E-state index is 0.191. The third-order valence-electron chi connectivity index (χ3n) is 4.88. The van der Waals surface area contributed by atoms with Gasteiger partial charge in [-0.1, -0.05) is 0 Å². The van der Waals surface area contributed by atoms with Gasteiger partial charge in [-0.3, -0.25) is 14.7 Å². The van der Waals surface area contributed by atoms with Gasteiger partial charge in [-0.15, -0.1) is 0 Å². The lowest BCUT2D eigenvalue weighted by atomic mass is 10.2. The fraction of sp³-hybridized carbons (Fsp3) is 0.500. The minimum atomic E-state index is -0.544. The maximum Gasteiger partial charge on any atom is 0.414 e. The average Bonchev–Trinajstić information content (AvgIpc) is 3.43. The van der Waals surface area contributed by atoms with Gasteiger partial charge in [-0.2, -0.15) is 5.10 Å². The van der Waals surface area contributed by atoms with Gasteiger partial charge >= 0.3 is 6.09 Å². The molecule has 1 atom stereocenters. The van der Waals surface area contributed by atoms with Gasteiger partial charge in [0.25, 0.3) is 0 Å². The molecule has 1 aliphatic carbocycles. The molecule has 3 aliphatic rings. The number of hydrogen-bond acceptors (Lipinski definition) is 6. The monoisotopic (exact) mass is 375 g/mol. The van der Waals surface area contributed by atoms with Crippen LogP contribution < -0.4 is 15.1 Å². The van der Waals surface area contributed by atoms with Crippen molar-refractivity contribution in [3.63, 3.8) is 0 Å². The highest BCUT2D eigenvalue weighted by Gasteiger charge is 2.33. The van der Waals surface area contributed by atoms with E-state index >= 15 is 0 Å². The molecule has 144 valence electrons. The van der Waals surface area contributed by atoms with Crippen LogP contribution in [0, 0.1) is 5.82 Å². The zero-order valence-corrected chi connectivity index (χ0v) is 15.1. The summed E-state index contributed by atoms with van der Waals surface area (Å²) in [5, 5.41) is 9.07. The number of carbonyl (C=O) groups excluding carboxylic acids is 2. The van der Waals surface area contributed by atoms with E-state index in [1.165, 1.54) is 30.7 Å². The first-order valence-electron chi connectivity index (χ1n) is 9.11. The highest BCUT2D eigenvalue weighted by Crippen LogP contribution is 2.30. The van der Waals surface area contributed by atoms with Crippen LogP contribution in [-0.2, 0) is 9.53 Å². The molecular formula is C18H22FN5O3. The lowest BCUT2D eigenvalue weighted by Crippen LogP contribution is -2.39. The molecule has 0 spiro atoms. The molecule has 0 bridgehead atoms. The number of cyclic esters (lactones) is 1. The number of nitrogens with one attached hydrogen (secondary N) is 1. The second-order valence-electron chi connectivity index (χ2n) is 7.01. The van der Waals surface area contributed by atoms with Crippen LogP contribution in [0.15, 0.2) is 23.3 Å². The minimum Gasteiger partial charge on any atom is -0.442 e. The van der Waals surface area contributed by atoms with Crippen LogP contribution in [0.5, 0.6) is 0 Å². The Labute approximate surface area is 156 Å². The number of benzene rings is 1. The van der Waals surface area contributed by atoms with Gasteiger partial charge in [0.15, 0.2) is 0 Å². The van der Waals surface area contributed by atoms with Crippen molar-refractivity contribution >= 4 is 29.7 Å². The first kappa shape index (κ1) is 17.6. The van der Waals surface area contributed by atoms with Gasteiger partial charge in [-0.25, -0.2) is 9.18 Å². The summed E-state index contributed by atoms with van der Waals surface area (Å²) in [4.78, 5) is 26.2. The lowest BCUT2D eigenvalue weighted by molar-refractivity contribution is -0.119. The summed E-state index contributed by atoms with van der Waals surface area (Å²) in [7, 11) is 0. The molecule has 2 aliphatic heterocycles. The quantitative estimate of drug-likeness (QED) is 0.844. The Balaban J connectivity index is 1.43. The van der Waals surface area contributed by atoms with E-state index in [9.17, 15) is 14.0 Å². The number of amides is 2. The normalized spacial score (nSPS) is 22.2. The maximum atomic E-state index is 14.7. The number of anilines is 2. The number of ether oxygens (including phenoxy) is 1. The van der Waals surface area contributed by atoms with E-state index in [0.29, 0.717) is 24.0 Å². The summed E-state index contributed by atoms with van der Waals surface area (Å²) >= 11 is 0. The Morgan fingerprint density at radius 1 is 1.37 bits per heavy atom. The van der Waals surface area contributed by atoms with Crippen LogP contribution in [0.25, 0.3) is 0 Å². The third-order valence-corrected chi connectivity index (χ3v) is 4.88. The summed E-state index contributed by atoms with van der Waals surface area (Å²) in [5.41, 5.74) is 0.862. The Bertz CT molecular complexity index is 782. The first-order valence-corrected chi connectivity index (χ1v) is 9.11. The molecule has 2 heterocycles. The van der Waals surface area contributed by atoms with Crippen LogP contribution >= 0.6 is 0 Å². The van der Waals surface area contributed by atoms with Crippen LogP contribution in [0.1, 0.15) is 19.8 Å². The van der Waals surface area contributed by atoms with Crippen molar-refractivity contribution in [1.29, 1.82) is 0 Å². The van der Waals surface area contributed by atoms with Gasteiger partial charge in [0, 0.05) is 19.5 Å². The first-order chi connectivity index (χ1) is 13.0. The summed E-state index contributed by atoms with van der Waals surface area (Å²) in [6, 6.07) is 5.22. The molecule has 0 unspecified atom stereocenters. The molecular weight excluding hydrogens is 353 g/mol. The number of hydrazone groups is 1. The van der Waals surface area contributed by atoms with E-state index in [-0.39, 0.29) is 19.0 Å². The summed E-state index contributed by atoms with van der Waals surface area (Å²) in [6.45, 7) is 3.34. The Kier molecular flexibility index (Phi) is 4.59. The van der Waals surface area contributed by atoms with E-state index in [0.717, 1.165) is 6.54 Å². The molecule has 1 aromatic carbocycles. The van der Waals surface area contributed by atoms with Crippen molar-refractivity contribution in [2.24, 2.45) is 5.10 Å². The molecule has 1 aromatic rings. The number of rotatable bonds is 5.